The van der Waals surface area contributed by atoms with E-state index in [-0.39, 0.29) is 25.3 Å². The first kappa shape index (κ1) is 20.7. The van der Waals surface area contributed by atoms with Gasteiger partial charge in [-0.15, -0.1) is 0 Å². The summed E-state index contributed by atoms with van der Waals surface area (Å²) in [6.07, 6.45) is 1.28. The Morgan fingerprint density at radius 2 is 1.78 bits per heavy atom. The summed E-state index contributed by atoms with van der Waals surface area (Å²) < 4.78 is 44.2. The van der Waals surface area contributed by atoms with Gasteiger partial charge >= 0.3 is 0 Å². The molecule has 0 saturated heterocycles. The highest BCUT2D eigenvalue weighted by molar-refractivity contribution is 7.92. The number of nitrogens with zero attached hydrogens (tertiary/aromatic N) is 1. The van der Waals surface area contributed by atoms with Crippen LogP contribution in [0.25, 0.3) is 0 Å². The van der Waals surface area contributed by atoms with Crippen molar-refractivity contribution < 1.29 is 22.3 Å². The van der Waals surface area contributed by atoms with Crippen molar-refractivity contribution in [1.82, 2.24) is 5.32 Å². The molecule has 0 radical (unpaired) electrons. The third kappa shape index (κ3) is 5.96. The molecule has 146 valence electrons. The lowest BCUT2D eigenvalue weighted by molar-refractivity contribution is -0.122. The number of carbonyl (C=O) groups excluding carboxylic acids is 1. The van der Waals surface area contributed by atoms with E-state index in [2.05, 4.69) is 5.32 Å². The summed E-state index contributed by atoms with van der Waals surface area (Å²) in [6, 6.07) is 13.2. The molecule has 0 saturated carbocycles. The second-order valence-corrected chi connectivity index (χ2v) is 7.77. The number of hydrogen-bond donors (Lipinski definition) is 1. The lowest BCUT2D eigenvalue weighted by Crippen LogP contribution is -2.50. The number of amides is 1. The van der Waals surface area contributed by atoms with Crippen LogP contribution in [0.5, 0.6) is 5.75 Å². The predicted molar refractivity (Wildman–Crippen MR) is 103 cm³/mol. The summed E-state index contributed by atoms with van der Waals surface area (Å²) in [4.78, 5) is 12.6. The van der Waals surface area contributed by atoms with Gasteiger partial charge in [0.1, 0.15) is 24.2 Å². The number of halogens is 1. The van der Waals surface area contributed by atoms with Crippen LogP contribution in [0.2, 0.25) is 0 Å². The summed E-state index contributed by atoms with van der Waals surface area (Å²) in [7, 11) is -3.74. The van der Waals surface area contributed by atoms with E-state index >= 15 is 0 Å². The van der Waals surface area contributed by atoms with Gasteiger partial charge in [-0.05, 0) is 42.8 Å². The Bertz CT molecular complexity index is 842. The van der Waals surface area contributed by atoms with E-state index in [1.54, 1.807) is 19.1 Å². The van der Waals surface area contributed by atoms with Crippen LogP contribution in [0.15, 0.2) is 54.6 Å². The zero-order valence-corrected chi connectivity index (χ0v) is 16.1. The van der Waals surface area contributed by atoms with Gasteiger partial charge in [0.25, 0.3) is 0 Å². The lowest BCUT2D eigenvalue weighted by Gasteiger charge is -2.30. The molecule has 0 aromatic heterocycles. The summed E-state index contributed by atoms with van der Waals surface area (Å²) >= 11 is 0. The molecule has 0 aliphatic carbocycles. The van der Waals surface area contributed by atoms with Crippen molar-refractivity contribution in [2.45, 2.75) is 19.4 Å². The molecule has 0 aliphatic rings. The molecule has 1 atom stereocenters. The first-order chi connectivity index (χ1) is 12.8. The molecule has 1 N–H and O–H groups in total. The molecule has 0 aliphatic heterocycles. The number of benzene rings is 2. The van der Waals surface area contributed by atoms with Crippen molar-refractivity contribution >= 4 is 21.6 Å². The van der Waals surface area contributed by atoms with E-state index in [1.165, 1.54) is 12.1 Å². The van der Waals surface area contributed by atoms with Gasteiger partial charge in [-0.1, -0.05) is 25.1 Å². The van der Waals surface area contributed by atoms with Crippen LogP contribution in [-0.4, -0.2) is 39.8 Å². The average molecular weight is 394 g/mol. The zero-order valence-electron chi connectivity index (χ0n) is 15.3. The van der Waals surface area contributed by atoms with Gasteiger partial charge in [0.05, 0.1) is 18.5 Å². The second-order valence-electron chi connectivity index (χ2n) is 5.91. The summed E-state index contributed by atoms with van der Waals surface area (Å²) in [5, 5.41) is 2.69. The maximum absolute atomic E-state index is 13.2. The van der Waals surface area contributed by atoms with Crippen LogP contribution in [-0.2, 0) is 14.8 Å². The van der Waals surface area contributed by atoms with Crippen LogP contribution < -0.4 is 14.4 Å². The normalized spacial score (nSPS) is 12.3. The Labute approximate surface area is 159 Å². The quantitative estimate of drug-likeness (QED) is 0.664. The number of rotatable bonds is 9. The van der Waals surface area contributed by atoms with E-state index in [0.717, 1.165) is 22.7 Å². The average Bonchev–Trinajstić information content (AvgIpc) is 2.64. The van der Waals surface area contributed by atoms with Gasteiger partial charge in [-0.25, -0.2) is 12.8 Å². The first-order valence-electron chi connectivity index (χ1n) is 8.53. The number of carbonyl (C=O) groups is 1. The molecular weight excluding hydrogens is 371 g/mol. The summed E-state index contributed by atoms with van der Waals surface area (Å²) in [5.74, 6) is -0.241. The molecule has 27 heavy (non-hydrogen) atoms. The minimum atomic E-state index is -3.74. The van der Waals surface area contributed by atoms with Gasteiger partial charge in [-0.2, -0.15) is 0 Å². The largest absolute Gasteiger partial charge is 0.492 e. The van der Waals surface area contributed by atoms with Crippen LogP contribution in [0.4, 0.5) is 10.1 Å². The van der Waals surface area contributed by atoms with Crippen molar-refractivity contribution in [3.63, 3.8) is 0 Å². The molecular formula is C19H23FN2O4S. The minimum Gasteiger partial charge on any atom is -0.492 e. The molecule has 8 heteroatoms. The fourth-order valence-corrected chi connectivity index (χ4v) is 3.84. The first-order valence-corrected chi connectivity index (χ1v) is 10.4. The predicted octanol–water partition coefficient (Wildman–Crippen LogP) is 2.57. The molecule has 2 aromatic carbocycles. The van der Waals surface area contributed by atoms with E-state index in [0.29, 0.717) is 5.75 Å². The Morgan fingerprint density at radius 1 is 1.15 bits per heavy atom. The standard InChI is InChI=1S/C19H23FN2O4S/c1-3-18(19(23)21-13-14-26-17-7-5-4-6-8-17)22(27(2,24)25)16-11-9-15(20)10-12-16/h4-12,18H,3,13-14H2,1-2H3,(H,21,23). The maximum atomic E-state index is 13.2. The number of anilines is 1. The van der Waals surface area contributed by atoms with Crippen molar-refractivity contribution in [3.05, 3.63) is 60.4 Å². The fourth-order valence-electron chi connectivity index (χ4n) is 2.63. The third-order valence-corrected chi connectivity index (χ3v) is 5.00. The molecule has 1 amide bonds. The Morgan fingerprint density at radius 3 is 2.33 bits per heavy atom. The smallest absolute Gasteiger partial charge is 0.244 e. The number of hydrogen-bond acceptors (Lipinski definition) is 4. The van der Waals surface area contributed by atoms with Gasteiger partial charge in [0, 0.05) is 0 Å². The monoisotopic (exact) mass is 394 g/mol. The topological polar surface area (TPSA) is 75.7 Å². The number of ether oxygens (including phenoxy) is 1. The van der Waals surface area contributed by atoms with Crippen molar-refractivity contribution in [1.29, 1.82) is 0 Å². The lowest BCUT2D eigenvalue weighted by atomic mass is 10.2. The Hall–Kier alpha value is -2.61. The molecule has 6 nitrogen and oxygen atoms in total. The van der Waals surface area contributed by atoms with Crippen LogP contribution in [0.1, 0.15) is 13.3 Å². The van der Waals surface area contributed by atoms with Gasteiger partial charge < -0.3 is 10.1 Å². The van der Waals surface area contributed by atoms with E-state index in [4.69, 9.17) is 4.74 Å². The fraction of sp³-hybridized carbons (Fsp3) is 0.316. The van der Waals surface area contributed by atoms with Crippen LogP contribution in [0, 0.1) is 5.82 Å². The minimum absolute atomic E-state index is 0.227. The highest BCUT2D eigenvalue weighted by Crippen LogP contribution is 2.22. The van der Waals surface area contributed by atoms with Gasteiger partial charge in [-0.3, -0.25) is 9.10 Å². The zero-order chi connectivity index (χ0) is 19.9. The third-order valence-electron chi connectivity index (χ3n) is 3.82. The van der Waals surface area contributed by atoms with Crippen molar-refractivity contribution in [2.24, 2.45) is 0 Å². The summed E-state index contributed by atoms with van der Waals surface area (Å²) in [5.41, 5.74) is 0.237. The molecule has 0 bridgehead atoms. The highest BCUT2D eigenvalue weighted by Gasteiger charge is 2.31. The maximum Gasteiger partial charge on any atom is 0.244 e. The van der Waals surface area contributed by atoms with Crippen LogP contribution in [0.3, 0.4) is 0 Å². The van der Waals surface area contributed by atoms with Crippen LogP contribution >= 0.6 is 0 Å². The van der Waals surface area contributed by atoms with Crippen molar-refractivity contribution in [2.75, 3.05) is 23.7 Å². The summed E-state index contributed by atoms with van der Waals surface area (Å²) in [6.45, 7) is 2.19. The molecule has 2 rings (SSSR count). The molecule has 2 aromatic rings. The Balaban J connectivity index is 2.04. The molecule has 0 heterocycles. The molecule has 1 unspecified atom stereocenters. The number of para-hydroxylation sites is 1. The Kier molecular flexibility index (Phi) is 7.18. The van der Waals surface area contributed by atoms with E-state index in [1.807, 2.05) is 18.2 Å². The molecule has 0 spiro atoms. The van der Waals surface area contributed by atoms with Gasteiger partial charge in [0.15, 0.2) is 0 Å². The van der Waals surface area contributed by atoms with E-state index < -0.39 is 27.8 Å². The SMILES string of the molecule is CCC(C(=O)NCCOc1ccccc1)N(c1ccc(F)cc1)S(C)(=O)=O. The number of nitrogens with one attached hydrogen (secondary N) is 1. The second kappa shape index (κ2) is 9.36. The molecule has 0 fully saturated rings. The van der Waals surface area contributed by atoms with E-state index in [9.17, 15) is 17.6 Å². The highest BCUT2D eigenvalue weighted by atomic mass is 32.2. The van der Waals surface area contributed by atoms with Crippen molar-refractivity contribution in [3.8, 4) is 5.75 Å². The number of sulfonamides is 1. The van der Waals surface area contributed by atoms with Gasteiger partial charge in [0.2, 0.25) is 15.9 Å².